The van der Waals surface area contributed by atoms with E-state index in [9.17, 15) is 9.18 Å². The number of nitrogens with zero attached hydrogens (tertiary/aromatic N) is 2. The molecular weight excluding hydrogens is 373 g/mol. The van der Waals surface area contributed by atoms with Gasteiger partial charge < -0.3 is 14.6 Å². The van der Waals surface area contributed by atoms with Gasteiger partial charge in [0.25, 0.3) is 11.8 Å². The van der Waals surface area contributed by atoms with Crippen molar-refractivity contribution in [2.75, 3.05) is 11.9 Å². The van der Waals surface area contributed by atoms with Crippen molar-refractivity contribution in [3.63, 3.8) is 0 Å². The molecule has 1 aromatic heterocycles. The standard InChI is InChI=1S/C19H17ClFN3O3/c1-11(2)18-23-19(27-24-18)12-3-6-14(7-4-12)26-10-17(25)22-16-8-5-13(21)9-15(16)20/h3-9,11H,10H2,1-2H3,(H,22,25). The fourth-order valence-corrected chi connectivity index (χ4v) is 2.42. The molecule has 0 aliphatic rings. The van der Waals surface area contributed by atoms with Crippen LogP contribution in [-0.2, 0) is 4.79 Å². The molecule has 0 bridgehead atoms. The van der Waals surface area contributed by atoms with E-state index in [2.05, 4.69) is 15.5 Å². The van der Waals surface area contributed by atoms with Crippen LogP contribution in [0.25, 0.3) is 11.5 Å². The average Bonchev–Trinajstić information content (AvgIpc) is 3.13. The maximum Gasteiger partial charge on any atom is 0.262 e. The molecule has 0 aliphatic carbocycles. The summed E-state index contributed by atoms with van der Waals surface area (Å²) in [6, 6.07) is 10.7. The van der Waals surface area contributed by atoms with Gasteiger partial charge in [-0.2, -0.15) is 4.98 Å². The summed E-state index contributed by atoms with van der Waals surface area (Å²) in [5.41, 5.74) is 1.07. The van der Waals surface area contributed by atoms with Crippen LogP contribution in [0.15, 0.2) is 47.0 Å². The molecule has 27 heavy (non-hydrogen) atoms. The maximum atomic E-state index is 13.0. The molecule has 3 rings (SSSR count). The molecule has 1 amide bonds. The lowest BCUT2D eigenvalue weighted by molar-refractivity contribution is -0.118. The summed E-state index contributed by atoms with van der Waals surface area (Å²) in [5, 5.41) is 6.60. The summed E-state index contributed by atoms with van der Waals surface area (Å²) in [6.45, 7) is 3.75. The van der Waals surface area contributed by atoms with Crippen LogP contribution in [0.5, 0.6) is 5.75 Å². The van der Waals surface area contributed by atoms with E-state index in [0.29, 0.717) is 23.2 Å². The molecule has 0 saturated heterocycles. The van der Waals surface area contributed by atoms with Crippen LogP contribution in [-0.4, -0.2) is 22.7 Å². The molecule has 0 radical (unpaired) electrons. The molecule has 0 saturated carbocycles. The lowest BCUT2D eigenvalue weighted by Crippen LogP contribution is -2.20. The molecule has 6 nitrogen and oxygen atoms in total. The van der Waals surface area contributed by atoms with Crippen LogP contribution in [0.3, 0.4) is 0 Å². The molecule has 0 atom stereocenters. The summed E-state index contributed by atoms with van der Waals surface area (Å²) < 4.78 is 23.7. The first kappa shape index (κ1) is 18.8. The molecule has 8 heteroatoms. The summed E-state index contributed by atoms with van der Waals surface area (Å²) in [6.07, 6.45) is 0. The minimum atomic E-state index is -0.476. The van der Waals surface area contributed by atoms with Crippen LogP contribution in [0.4, 0.5) is 10.1 Å². The van der Waals surface area contributed by atoms with Gasteiger partial charge in [-0.25, -0.2) is 4.39 Å². The quantitative estimate of drug-likeness (QED) is 0.662. The summed E-state index contributed by atoms with van der Waals surface area (Å²) in [5.74, 6) is 0.860. The Hall–Kier alpha value is -2.93. The summed E-state index contributed by atoms with van der Waals surface area (Å²) in [4.78, 5) is 16.3. The van der Waals surface area contributed by atoms with Gasteiger partial charge in [-0.05, 0) is 42.5 Å². The first-order valence-electron chi connectivity index (χ1n) is 8.24. The molecule has 3 aromatic rings. The van der Waals surface area contributed by atoms with Crippen LogP contribution in [0.1, 0.15) is 25.6 Å². The second-order valence-corrected chi connectivity index (χ2v) is 6.51. The van der Waals surface area contributed by atoms with Gasteiger partial charge in [0, 0.05) is 11.5 Å². The van der Waals surface area contributed by atoms with E-state index < -0.39 is 11.7 Å². The number of benzene rings is 2. The zero-order chi connectivity index (χ0) is 19.4. The van der Waals surface area contributed by atoms with E-state index in [1.54, 1.807) is 24.3 Å². The van der Waals surface area contributed by atoms with E-state index in [1.165, 1.54) is 12.1 Å². The van der Waals surface area contributed by atoms with Gasteiger partial charge in [0.15, 0.2) is 12.4 Å². The normalized spacial score (nSPS) is 10.9. The Morgan fingerprint density at radius 1 is 1.26 bits per heavy atom. The van der Waals surface area contributed by atoms with Crippen LogP contribution in [0, 0.1) is 5.82 Å². The van der Waals surface area contributed by atoms with Gasteiger partial charge in [0.1, 0.15) is 11.6 Å². The van der Waals surface area contributed by atoms with Crippen LogP contribution >= 0.6 is 11.6 Å². The van der Waals surface area contributed by atoms with Crippen molar-refractivity contribution in [1.82, 2.24) is 10.1 Å². The summed E-state index contributed by atoms with van der Waals surface area (Å²) in [7, 11) is 0. The molecule has 0 aliphatic heterocycles. The van der Waals surface area contributed by atoms with Crippen molar-refractivity contribution in [1.29, 1.82) is 0 Å². The van der Waals surface area contributed by atoms with Crippen LogP contribution in [0.2, 0.25) is 5.02 Å². The maximum absolute atomic E-state index is 13.0. The Labute approximate surface area is 160 Å². The first-order chi connectivity index (χ1) is 12.9. The molecule has 1 heterocycles. The van der Waals surface area contributed by atoms with Gasteiger partial charge in [-0.1, -0.05) is 30.6 Å². The lowest BCUT2D eigenvalue weighted by Gasteiger charge is -2.09. The van der Waals surface area contributed by atoms with E-state index in [4.69, 9.17) is 20.9 Å². The lowest BCUT2D eigenvalue weighted by atomic mass is 10.2. The number of nitrogens with one attached hydrogen (secondary N) is 1. The number of carbonyl (C=O) groups excluding carboxylic acids is 1. The predicted molar refractivity (Wildman–Crippen MR) is 99.4 cm³/mol. The number of hydrogen-bond acceptors (Lipinski definition) is 5. The number of carbonyl (C=O) groups is 1. The van der Waals surface area contributed by atoms with E-state index >= 15 is 0 Å². The molecular formula is C19H17ClFN3O3. The monoisotopic (exact) mass is 389 g/mol. The Balaban J connectivity index is 1.57. The van der Waals surface area contributed by atoms with Gasteiger partial charge in [-0.15, -0.1) is 0 Å². The highest BCUT2D eigenvalue weighted by Crippen LogP contribution is 2.24. The Bertz CT molecular complexity index is 942. The van der Waals surface area contributed by atoms with Gasteiger partial charge in [-0.3, -0.25) is 4.79 Å². The smallest absolute Gasteiger partial charge is 0.262 e. The zero-order valence-corrected chi connectivity index (χ0v) is 15.5. The third-order valence-corrected chi connectivity index (χ3v) is 3.95. The van der Waals surface area contributed by atoms with Gasteiger partial charge in [0.2, 0.25) is 0 Å². The van der Waals surface area contributed by atoms with Crippen molar-refractivity contribution < 1.29 is 18.4 Å². The third kappa shape index (κ3) is 4.83. The number of ether oxygens (including phenoxy) is 1. The Morgan fingerprint density at radius 2 is 2.00 bits per heavy atom. The second-order valence-electron chi connectivity index (χ2n) is 6.10. The predicted octanol–water partition coefficient (Wildman–Crippen LogP) is 4.67. The Morgan fingerprint density at radius 3 is 2.63 bits per heavy atom. The highest BCUT2D eigenvalue weighted by Gasteiger charge is 2.12. The minimum absolute atomic E-state index is 0.119. The van der Waals surface area contributed by atoms with Crippen molar-refractivity contribution in [2.24, 2.45) is 0 Å². The van der Waals surface area contributed by atoms with E-state index in [1.807, 2.05) is 13.8 Å². The van der Waals surface area contributed by atoms with Crippen molar-refractivity contribution in [3.8, 4) is 17.2 Å². The Kier molecular flexibility index (Phi) is 5.71. The number of anilines is 1. The number of hydrogen-bond donors (Lipinski definition) is 1. The van der Waals surface area contributed by atoms with Gasteiger partial charge in [0.05, 0.1) is 10.7 Å². The molecule has 0 unspecified atom stereocenters. The van der Waals surface area contributed by atoms with Gasteiger partial charge >= 0.3 is 0 Å². The minimum Gasteiger partial charge on any atom is -0.484 e. The highest BCUT2D eigenvalue weighted by molar-refractivity contribution is 6.33. The van der Waals surface area contributed by atoms with Crippen molar-refractivity contribution >= 4 is 23.2 Å². The summed E-state index contributed by atoms with van der Waals surface area (Å²) >= 11 is 5.87. The first-order valence-corrected chi connectivity index (χ1v) is 8.62. The fourth-order valence-electron chi connectivity index (χ4n) is 2.21. The molecule has 0 fully saturated rings. The molecule has 0 spiro atoms. The largest absolute Gasteiger partial charge is 0.484 e. The molecule has 1 N–H and O–H groups in total. The fraction of sp³-hybridized carbons (Fsp3) is 0.211. The average molecular weight is 390 g/mol. The SMILES string of the molecule is CC(C)c1noc(-c2ccc(OCC(=O)Nc3ccc(F)cc3Cl)cc2)n1. The molecule has 140 valence electrons. The number of rotatable bonds is 6. The number of amides is 1. The number of aromatic nitrogens is 2. The van der Waals surface area contributed by atoms with Crippen molar-refractivity contribution in [3.05, 3.63) is 59.1 Å². The third-order valence-electron chi connectivity index (χ3n) is 3.63. The highest BCUT2D eigenvalue weighted by atomic mass is 35.5. The number of halogens is 2. The molecule has 2 aromatic carbocycles. The van der Waals surface area contributed by atoms with E-state index in [0.717, 1.165) is 11.6 Å². The second kappa shape index (κ2) is 8.18. The van der Waals surface area contributed by atoms with Crippen molar-refractivity contribution in [2.45, 2.75) is 19.8 Å². The zero-order valence-electron chi connectivity index (χ0n) is 14.7. The van der Waals surface area contributed by atoms with E-state index in [-0.39, 0.29) is 17.5 Å². The van der Waals surface area contributed by atoms with Crippen LogP contribution < -0.4 is 10.1 Å². The topological polar surface area (TPSA) is 77.2 Å².